The van der Waals surface area contributed by atoms with Crippen molar-refractivity contribution in [2.24, 2.45) is 0 Å². The molecule has 1 fully saturated rings. The van der Waals surface area contributed by atoms with Gasteiger partial charge in [0.2, 0.25) is 0 Å². The maximum Gasteiger partial charge on any atom is 0.379 e. The number of Topliss-reactive ketones (excluding diaryl/α,β-unsaturated/α-hetero) is 1. The summed E-state index contributed by atoms with van der Waals surface area (Å²) in [6, 6.07) is 8.00. The number of ether oxygens (including phenoxy) is 1. The Hall–Kier alpha value is -1.84. The van der Waals surface area contributed by atoms with Crippen LogP contribution in [0.3, 0.4) is 0 Å². The Morgan fingerprint density at radius 1 is 1.16 bits per heavy atom. The van der Waals surface area contributed by atoms with Crippen molar-refractivity contribution in [3.05, 3.63) is 29.8 Å². The van der Waals surface area contributed by atoms with Crippen LogP contribution in [-0.2, 0) is 9.53 Å². The molecule has 1 aromatic carbocycles. The van der Waals surface area contributed by atoms with Crippen molar-refractivity contribution >= 4 is 17.4 Å². The molecule has 1 aliphatic rings. The van der Waals surface area contributed by atoms with Crippen molar-refractivity contribution < 1.29 is 14.3 Å². The zero-order valence-corrected chi connectivity index (χ0v) is 11.6. The van der Waals surface area contributed by atoms with Crippen LogP contribution in [0.5, 0.6) is 0 Å². The number of rotatable bonds is 3. The van der Waals surface area contributed by atoms with Crippen LogP contribution in [0.15, 0.2) is 24.3 Å². The molecule has 0 aromatic heterocycles. The van der Waals surface area contributed by atoms with E-state index in [9.17, 15) is 9.59 Å². The fourth-order valence-corrected chi connectivity index (χ4v) is 2.76. The van der Waals surface area contributed by atoms with Gasteiger partial charge in [-0.3, -0.25) is 4.79 Å². The van der Waals surface area contributed by atoms with Crippen molar-refractivity contribution in [3.8, 4) is 0 Å². The lowest BCUT2D eigenvalue weighted by Crippen LogP contribution is -2.34. The second-order valence-electron chi connectivity index (χ2n) is 5.02. The Bertz CT molecular complexity index is 488. The fraction of sp³-hybridized carbons (Fsp3) is 0.467. The SMILES string of the molecule is COC(=O)C(=O)c1ccccc1N1[C@H](C)CC[C@@H]1C. The summed E-state index contributed by atoms with van der Waals surface area (Å²) in [6.07, 6.45) is 2.20. The third-order valence-corrected chi connectivity index (χ3v) is 3.75. The quantitative estimate of drug-likeness (QED) is 0.476. The number of carbonyl (C=O) groups is 2. The molecule has 0 saturated carbocycles. The number of methoxy groups -OCH3 is 1. The largest absolute Gasteiger partial charge is 0.463 e. The van der Waals surface area contributed by atoms with Gasteiger partial charge >= 0.3 is 5.97 Å². The molecule has 0 unspecified atom stereocenters. The van der Waals surface area contributed by atoms with Crippen LogP contribution in [0, 0.1) is 0 Å². The zero-order valence-electron chi connectivity index (χ0n) is 11.6. The number of ketones is 1. The number of anilines is 1. The molecule has 102 valence electrons. The first-order valence-electron chi connectivity index (χ1n) is 6.56. The minimum absolute atomic E-state index is 0.376. The molecule has 1 aliphatic heterocycles. The highest BCUT2D eigenvalue weighted by Gasteiger charge is 2.31. The van der Waals surface area contributed by atoms with E-state index in [-0.39, 0.29) is 0 Å². The van der Waals surface area contributed by atoms with Crippen LogP contribution in [0.25, 0.3) is 0 Å². The molecule has 19 heavy (non-hydrogen) atoms. The maximum absolute atomic E-state index is 12.1. The van der Waals surface area contributed by atoms with Gasteiger partial charge in [0.1, 0.15) is 0 Å². The lowest BCUT2D eigenvalue weighted by molar-refractivity contribution is -0.135. The van der Waals surface area contributed by atoms with E-state index in [0.29, 0.717) is 17.6 Å². The third-order valence-electron chi connectivity index (χ3n) is 3.75. The first-order valence-corrected chi connectivity index (χ1v) is 6.56. The van der Waals surface area contributed by atoms with E-state index in [1.807, 2.05) is 12.1 Å². The Labute approximate surface area is 113 Å². The number of benzene rings is 1. The van der Waals surface area contributed by atoms with E-state index >= 15 is 0 Å². The van der Waals surface area contributed by atoms with Gasteiger partial charge in [-0.15, -0.1) is 0 Å². The van der Waals surface area contributed by atoms with Gasteiger partial charge in [0.15, 0.2) is 0 Å². The molecule has 0 spiro atoms. The summed E-state index contributed by atoms with van der Waals surface area (Å²) >= 11 is 0. The predicted molar refractivity (Wildman–Crippen MR) is 73.4 cm³/mol. The molecule has 1 heterocycles. The monoisotopic (exact) mass is 261 g/mol. The molecule has 2 rings (SSSR count). The second-order valence-corrected chi connectivity index (χ2v) is 5.02. The predicted octanol–water partition coefficient (Wildman–Crippen LogP) is 2.42. The van der Waals surface area contributed by atoms with Crippen LogP contribution in [-0.4, -0.2) is 30.9 Å². The highest BCUT2D eigenvalue weighted by Crippen LogP contribution is 2.32. The summed E-state index contributed by atoms with van der Waals surface area (Å²) in [7, 11) is 1.23. The maximum atomic E-state index is 12.1. The van der Waals surface area contributed by atoms with Gasteiger partial charge in [-0.1, -0.05) is 12.1 Å². The van der Waals surface area contributed by atoms with E-state index in [1.165, 1.54) is 7.11 Å². The Morgan fingerprint density at radius 3 is 2.32 bits per heavy atom. The van der Waals surface area contributed by atoms with Crippen molar-refractivity contribution in [2.45, 2.75) is 38.8 Å². The van der Waals surface area contributed by atoms with Crippen molar-refractivity contribution in [1.29, 1.82) is 0 Å². The van der Waals surface area contributed by atoms with Crippen LogP contribution in [0.1, 0.15) is 37.0 Å². The smallest absolute Gasteiger partial charge is 0.379 e. The Kier molecular flexibility index (Phi) is 3.88. The molecule has 1 aromatic rings. The zero-order chi connectivity index (χ0) is 14.0. The van der Waals surface area contributed by atoms with Crippen LogP contribution in [0.2, 0.25) is 0 Å². The molecular weight excluding hydrogens is 242 g/mol. The van der Waals surface area contributed by atoms with E-state index in [1.54, 1.807) is 12.1 Å². The molecule has 0 radical (unpaired) electrons. The average Bonchev–Trinajstić information content (AvgIpc) is 2.76. The lowest BCUT2D eigenvalue weighted by atomic mass is 10.1. The standard InChI is InChI=1S/C15H19NO3/c1-10-8-9-11(2)16(10)13-7-5-4-6-12(13)14(17)15(18)19-3/h4-7,10-11H,8-9H2,1-3H3/t10-,11+. The molecule has 2 atom stereocenters. The Morgan fingerprint density at radius 2 is 1.74 bits per heavy atom. The Balaban J connectivity index is 2.41. The van der Waals surface area contributed by atoms with Crippen LogP contribution >= 0.6 is 0 Å². The van der Waals surface area contributed by atoms with E-state index < -0.39 is 11.8 Å². The highest BCUT2D eigenvalue weighted by atomic mass is 16.5. The molecule has 4 heteroatoms. The molecule has 0 aliphatic carbocycles. The number of nitrogens with zero attached hydrogens (tertiary/aromatic N) is 1. The molecule has 0 bridgehead atoms. The summed E-state index contributed by atoms with van der Waals surface area (Å²) in [6.45, 7) is 4.28. The van der Waals surface area contributed by atoms with Gasteiger partial charge < -0.3 is 9.64 Å². The number of esters is 1. The van der Waals surface area contributed by atoms with Gasteiger partial charge in [0.05, 0.1) is 12.7 Å². The van der Waals surface area contributed by atoms with Crippen LogP contribution in [0.4, 0.5) is 5.69 Å². The fourth-order valence-electron chi connectivity index (χ4n) is 2.76. The number of carbonyl (C=O) groups excluding carboxylic acids is 2. The van der Waals surface area contributed by atoms with Crippen molar-refractivity contribution in [3.63, 3.8) is 0 Å². The van der Waals surface area contributed by atoms with Gasteiger partial charge in [-0.2, -0.15) is 0 Å². The number of hydrogen-bond donors (Lipinski definition) is 0. The number of para-hydroxylation sites is 1. The molecule has 0 N–H and O–H groups in total. The minimum atomic E-state index is -0.813. The summed E-state index contributed by atoms with van der Waals surface area (Å²) in [4.78, 5) is 25.7. The van der Waals surface area contributed by atoms with E-state index in [0.717, 1.165) is 18.5 Å². The third kappa shape index (κ3) is 2.48. The summed E-state index contributed by atoms with van der Waals surface area (Å²) < 4.78 is 4.53. The summed E-state index contributed by atoms with van der Waals surface area (Å²) in [5.74, 6) is -1.39. The topological polar surface area (TPSA) is 46.6 Å². The van der Waals surface area contributed by atoms with Gasteiger partial charge in [0, 0.05) is 17.8 Å². The number of hydrogen-bond acceptors (Lipinski definition) is 4. The van der Waals surface area contributed by atoms with Gasteiger partial charge in [-0.25, -0.2) is 4.79 Å². The second kappa shape index (κ2) is 5.43. The molecule has 0 amide bonds. The van der Waals surface area contributed by atoms with E-state index in [4.69, 9.17) is 0 Å². The van der Waals surface area contributed by atoms with Crippen molar-refractivity contribution in [1.82, 2.24) is 0 Å². The highest BCUT2D eigenvalue weighted by molar-refractivity contribution is 6.41. The lowest BCUT2D eigenvalue weighted by Gasteiger charge is -2.30. The molecule has 1 saturated heterocycles. The summed E-state index contributed by atoms with van der Waals surface area (Å²) in [5.41, 5.74) is 1.25. The van der Waals surface area contributed by atoms with Crippen LogP contribution < -0.4 is 4.90 Å². The average molecular weight is 261 g/mol. The first kappa shape index (κ1) is 13.6. The molecule has 4 nitrogen and oxygen atoms in total. The first-order chi connectivity index (χ1) is 9.06. The van der Waals surface area contributed by atoms with Gasteiger partial charge in [-0.05, 0) is 38.8 Å². The van der Waals surface area contributed by atoms with Crippen molar-refractivity contribution in [2.75, 3.05) is 12.0 Å². The normalized spacial score (nSPS) is 22.4. The summed E-state index contributed by atoms with van der Waals surface area (Å²) in [5, 5.41) is 0. The molecular formula is C15H19NO3. The van der Waals surface area contributed by atoms with E-state index in [2.05, 4.69) is 23.5 Å². The minimum Gasteiger partial charge on any atom is -0.463 e. The van der Waals surface area contributed by atoms with Gasteiger partial charge in [0.25, 0.3) is 5.78 Å².